The highest BCUT2D eigenvalue weighted by Crippen LogP contribution is 2.17. The number of carbonyl (C=O) groups excluding carboxylic acids is 1. The van der Waals surface area contributed by atoms with Crippen LogP contribution in [0.1, 0.15) is 22.8 Å². The van der Waals surface area contributed by atoms with Gasteiger partial charge >= 0.3 is 5.97 Å². The summed E-state index contributed by atoms with van der Waals surface area (Å²) in [7, 11) is 0. The molecule has 0 unspecified atom stereocenters. The number of amides is 1. The van der Waals surface area contributed by atoms with Gasteiger partial charge in [0.2, 0.25) is 0 Å². The molecule has 0 radical (unpaired) electrons. The van der Waals surface area contributed by atoms with Gasteiger partial charge in [0.1, 0.15) is 5.75 Å². The fraction of sp³-hybridized carbons (Fsp3) is 0.333. The van der Waals surface area contributed by atoms with E-state index in [2.05, 4.69) is 5.32 Å². The Hall–Kier alpha value is -2.04. The van der Waals surface area contributed by atoms with Crippen LogP contribution in [0.2, 0.25) is 0 Å². The van der Waals surface area contributed by atoms with Gasteiger partial charge in [-0.15, -0.1) is 0 Å². The smallest absolute Gasteiger partial charge is 0.335 e. The first-order valence-electron chi connectivity index (χ1n) is 5.28. The molecule has 2 N–H and O–H groups in total. The van der Waals surface area contributed by atoms with Gasteiger partial charge in [0.15, 0.2) is 6.61 Å². The summed E-state index contributed by atoms with van der Waals surface area (Å²) in [4.78, 5) is 21.9. The Morgan fingerprint density at radius 1 is 1.41 bits per heavy atom. The Balaban J connectivity index is 2.65. The van der Waals surface area contributed by atoms with Crippen molar-refractivity contribution in [3.05, 3.63) is 29.3 Å². The van der Waals surface area contributed by atoms with Gasteiger partial charge in [-0.3, -0.25) is 4.79 Å². The summed E-state index contributed by atoms with van der Waals surface area (Å²) in [5.74, 6) is -0.691. The second kappa shape index (κ2) is 5.89. The molecule has 17 heavy (non-hydrogen) atoms. The Morgan fingerprint density at radius 2 is 2.12 bits per heavy atom. The van der Waals surface area contributed by atoms with Crippen molar-refractivity contribution in [2.45, 2.75) is 13.8 Å². The Kier molecular flexibility index (Phi) is 4.51. The largest absolute Gasteiger partial charge is 0.484 e. The minimum Gasteiger partial charge on any atom is -0.484 e. The van der Waals surface area contributed by atoms with Crippen molar-refractivity contribution in [3.63, 3.8) is 0 Å². The standard InChI is InChI=1S/C12H15NO4/c1-3-13-11(14)7-17-9-4-5-10(12(15)16)8(2)6-9/h4-6H,3,7H2,1-2H3,(H,13,14)(H,15,16). The number of hydrogen-bond donors (Lipinski definition) is 2. The SMILES string of the molecule is CCNC(=O)COc1ccc(C(=O)O)c(C)c1. The number of benzene rings is 1. The van der Waals surface area contributed by atoms with E-state index in [0.29, 0.717) is 17.9 Å². The van der Waals surface area contributed by atoms with Crippen LogP contribution in [0.25, 0.3) is 0 Å². The van der Waals surface area contributed by atoms with Crippen LogP contribution in [0.5, 0.6) is 5.75 Å². The van der Waals surface area contributed by atoms with Crippen molar-refractivity contribution in [1.82, 2.24) is 5.32 Å². The lowest BCUT2D eigenvalue weighted by Crippen LogP contribution is -2.28. The van der Waals surface area contributed by atoms with E-state index in [1.807, 2.05) is 6.92 Å². The third kappa shape index (κ3) is 3.79. The molecule has 92 valence electrons. The van der Waals surface area contributed by atoms with Crippen molar-refractivity contribution in [1.29, 1.82) is 0 Å². The van der Waals surface area contributed by atoms with E-state index in [9.17, 15) is 9.59 Å². The van der Waals surface area contributed by atoms with Crippen molar-refractivity contribution in [2.75, 3.05) is 13.2 Å². The minimum atomic E-state index is -0.974. The molecule has 0 heterocycles. The highest BCUT2D eigenvalue weighted by atomic mass is 16.5. The Labute approximate surface area is 99.4 Å². The average Bonchev–Trinajstić information content (AvgIpc) is 2.26. The molecular formula is C12H15NO4. The molecule has 5 heteroatoms. The van der Waals surface area contributed by atoms with E-state index in [1.165, 1.54) is 12.1 Å². The van der Waals surface area contributed by atoms with E-state index in [4.69, 9.17) is 9.84 Å². The van der Waals surface area contributed by atoms with Crippen LogP contribution in [0.3, 0.4) is 0 Å². The molecule has 0 atom stereocenters. The monoisotopic (exact) mass is 237 g/mol. The van der Waals surface area contributed by atoms with Crippen molar-refractivity contribution in [3.8, 4) is 5.75 Å². The first-order valence-corrected chi connectivity index (χ1v) is 5.28. The van der Waals surface area contributed by atoms with Gasteiger partial charge in [0.05, 0.1) is 5.56 Å². The fourth-order valence-electron chi connectivity index (χ4n) is 1.36. The van der Waals surface area contributed by atoms with Gasteiger partial charge in [-0.1, -0.05) is 0 Å². The maximum atomic E-state index is 11.1. The second-order valence-electron chi connectivity index (χ2n) is 3.52. The normalized spacial score (nSPS) is 9.76. The van der Waals surface area contributed by atoms with Crippen molar-refractivity contribution >= 4 is 11.9 Å². The van der Waals surface area contributed by atoms with Crippen LogP contribution in [0.15, 0.2) is 18.2 Å². The summed E-state index contributed by atoms with van der Waals surface area (Å²) < 4.78 is 5.23. The molecule has 1 aromatic rings. The van der Waals surface area contributed by atoms with Crippen LogP contribution in [-0.4, -0.2) is 30.1 Å². The number of carboxylic acids is 1. The molecule has 0 aliphatic carbocycles. The fourth-order valence-corrected chi connectivity index (χ4v) is 1.36. The van der Waals surface area contributed by atoms with Crippen LogP contribution < -0.4 is 10.1 Å². The quantitative estimate of drug-likeness (QED) is 0.807. The zero-order valence-corrected chi connectivity index (χ0v) is 9.82. The maximum absolute atomic E-state index is 11.1. The van der Waals surface area contributed by atoms with Crippen LogP contribution in [-0.2, 0) is 4.79 Å². The van der Waals surface area contributed by atoms with Gasteiger partial charge in [-0.25, -0.2) is 4.79 Å². The highest BCUT2D eigenvalue weighted by molar-refractivity contribution is 5.89. The number of carbonyl (C=O) groups is 2. The summed E-state index contributed by atoms with van der Waals surface area (Å²) in [5.41, 5.74) is 0.834. The highest BCUT2D eigenvalue weighted by Gasteiger charge is 2.08. The van der Waals surface area contributed by atoms with Gasteiger partial charge in [-0.2, -0.15) is 0 Å². The molecule has 0 saturated heterocycles. The number of rotatable bonds is 5. The summed E-state index contributed by atoms with van der Waals surface area (Å²) in [6, 6.07) is 4.60. The minimum absolute atomic E-state index is 0.0697. The molecule has 0 aromatic heterocycles. The van der Waals surface area contributed by atoms with Crippen molar-refractivity contribution < 1.29 is 19.4 Å². The molecule has 0 fully saturated rings. The molecule has 1 rings (SSSR count). The zero-order chi connectivity index (χ0) is 12.8. The Bertz CT molecular complexity index is 429. The lowest BCUT2D eigenvalue weighted by molar-refractivity contribution is -0.122. The van der Waals surface area contributed by atoms with Crippen LogP contribution >= 0.6 is 0 Å². The Morgan fingerprint density at radius 3 is 2.65 bits per heavy atom. The molecule has 5 nitrogen and oxygen atoms in total. The molecule has 1 aromatic carbocycles. The van der Waals surface area contributed by atoms with E-state index in [1.54, 1.807) is 13.0 Å². The van der Waals surface area contributed by atoms with Crippen LogP contribution in [0, 0.1) is 6.92 Å². The number of ether oxygens (including phenoxy) is 1. The molecule has 0 bridgehead atoms. The lowest BCUT2D eigenvalue weighted by atomic mass is 10.1. The molecule has 1 amide bonds. The molecular weight excluding hydrogens is 222 g/mol. The zero-order valence-electron chi connectivity index (χ0n) is 9.82. The number of nitrogens with one attached hydrogen (secondary N) is 1. The van der Waals surface area contributed by atoms with Gasteiger partial charge in [-0.05, 0) is 37.6 Å². The summed E-state index contributed by atoms with van der Waals surface area (Å²) >= 11 is 0. The topological polar surface area (TPSA) is 75.6 Å². The number of hydrogen-bond acceptors (Lipinski definition) is 3. The van der Waals surface area contributed by atoms with E-state index in [0.717, 1.165) is 0 Å². The summed E-state index contributed by atoms with van der Waals surface area (Å²) in [6.45, 7) is 3.99. The van der Waals surface area contributed by atoms with Crippen LogP contribution in [0.4, 0.5) is 0 Å². The summed E-state index contributed by atoms with van der Waals surface area (Å²) in [5, 5.41) is 11.4. The van der Waals surface area contributed by atoms with E-state index in [-0.39, 0.29) is 18.1 Å². The predicted molar refractivity (Wildman–Crippen MR) is 62.3 cm³/mol. The van der Waals surface area contributed by atoms with Gasteiger partial charge < -0.3 is 15.2 Å². The van der Waals surface area contributed by atoms with Gasteiger partial charge in [0, 0.05) is 6.54 Å². The molecule has 0 aliphatic rings. The number of aryl methyl sites for hydroxylation is 1. The summed E-state index contributed by atoms with van der Waals surface area (Å²) in [6.07, 6.45) is 0. The van der Waals surface area contributed by atoms with E-state index < -0.39 is 5.97 Å². The van der Waals surface area contributed by atoms with E-state index >= 15 is 0 Å². The second-order valence-corrected chi connectivity index (χ2v) is 3.52. The number of aromatic carboxylic acids is 1. The first kappa shape index (κ1) is 13.0. The third-order valence-electron chi connectivity index (χ3n) is 2.17. The average molecular weight is 237 g/mol. The lowest BCUT2D eigenvalue weighted by Gasteiger charge is -2.08. The molecule has 0 aliphatic heterocycles. The third-order valence-corrected chi connectivity index (χ3v) is 2.17. The molecule has 0 saturated carbocycles. The maximum Gasteiger partial charge on any atom is 0.335 e. The first-order chi connectivity index (χ1) is 8.04. The number of likely N-dealkylation sites (N-methyl/N-ethyl adjacent to an activating group) is 1. The van der Waals surface area contributed by atoms with Crippen molar-refractivity contribution in [2.24, 2.45) is 0 Å². The predicted octanol–water partition coefficient (Wildman–Crippen LogP) is 1.21. The molecule has 0 spiro atoms. The number of carboxylic acid groups (broad SMARTS) is 1. The van der Waals surface area contributed by atoms with Gasteiger partial charge in [0.25, 0.3) is 5.91 Å².